The molecule has 1 unspecified atom stereocenters. The Labute approximate surface area is 117 Å². The summed E-state index contributed by atoms with van der Waals surface area (Å²) < 4.78 is 0.955. The fourth-order valence-electron chi connectivity index (χ4n) is 1.24. The largest absolute Gasteiger partial charge is 0.480 e. The van der Waals surface area contributed by atoms with Crippen molar-refractivity contribution >= 4 is 40.4 Å². The average molecular weight is 362 g/mol. The van der Waals surface area contributed by atoms with Crippen molar-refractivity contribution in [1.29, 1.82) is 0 Å². The number of hydrogen-bond donors (Lipinski definition) is 3. The lowest BCUT2D eigenvalue weighted by Gasteiger charge is -2.12. The van der Waals surface area contributed by atoms with Gasteiger partial charge in [-0.3, -0.25) is 9.59 Å². The molecular weight excluding hydrogens is 351 g/mol. The Morgan fingerprint density at radius 3 is 2.28 bits per heavy atom. The van der Waals surface area contributed by atoms with Gasteiger partial charge in [-0.05, 0) is 46.9 Å². The van der Waals surface area contributed by atoms with E-state index < -0.39 is 30.2 Å². The van der Waals surface area contributed by atoms with Crippen LogP contribution in [-0.2, 0) is 9.59 Å². The van der Waals surface area contributed by atoms with Crippen LogP contribution in [0.5, 0.6) is 0 Å². The predicted molar refractivity (Wildman–Crippen MR) is 71.9 cm³/mol. The molecule has 18 heavy (non-hydrogen) atoms. The highest BCUT2D eigenvalue weighted by molar-refractivity contribution is 14.1. The normalized spacial score (nSPS) is 11.6. The predicted octanol–water partition coefficient (Wildman–Crippen LogP) is 0.350. The highest BCUT2D eigenvalue weighted by Crippen LogP contribution is 2.07. The molecule has 1 rings (SSSR count). The van der Waals surface area contributed by atoms with Crippen LogP contribution in [0.2, 0.25) is 0 Å². The lowest BCUT2D eigenvalue weighted by molar-refractivity contribution is -0.140. The second-order valence-corrected chi connectivity index (χ2v) is 4.79. The van der Waals surface area contributed by atoms with Crippen LogP contribution in [0.3, 0.4) is 0 Å². The van der Waals surface area contributed by atoms with Gasteiger partial charge in [-0.2, -0.15) is 0 Å². The van der Waals surface area contributed by atoms with Gasteiger partial charge in [0.1, 0.15) is 6.04 Å². The van der Waals surface area contributed by atoms with Crippen molar-refractivity contribution in [2.45, 2.75) is 12.5 Å². The first-order valence-corrected chi connectivity index (χ1v) is 6.05. The number of primary amides is 1. The van der Waals surface area contributed by atoms with Crippen LogP contribution in [0.1, 0.15) is 16.8 Å². The minimum absolute atomic E-state index is 0.325. The smallest absolute Gasteiger partial charge is 0.326 e. The van der Waals surface area contributed by atoms with Gasteiger partial charge in [0.25, 0.3) is 5.91 Å². The molecule has 0 aliphatic heterocycles. The van der Waals surface area contributed by atoms with E-state index >= 15 is 0 Å². The topological polar surface area (TPSA) is 109 Å². The Hall–Kier alpha value is -1.64. The third-order valence-electron chi connectivity index (χ3n) is 2.12. The fraction of sp³-hybridized carbons (Fsp3) is 0.182. The van der Waals surface area contributed by atoms with Crippen LogP contribution in [0.4, 0.5) is 0 Å². The van der Waals surface area contributed by atoms with Gasteiger partial charge < -0.3 is 16.2 Å². The maximum absolute atomic E-state index is 11.7. The monoisotopic (exact) mass is 362 g/mol. The molecule has 2 amide bonds. The number of nitrogens with one attached hydrogen (secondary N) is 1. The Bertz CT molecular complexity index is 472. The zero-order chi connectivity index (χ0) is 13.7. The summed E-state index contributed by atoms with van der Waals surface area (Å²) in [5.41, 5.74) is 5.24. The van der Waals surface area contributed by atoms with Crippen molar-refractivity contribution in [2.24, 2.45) is 5.73 Å². The van der Waals surface area contributed by atoms with Crippen LogP contribution in [-0.4, -0.2) is 28.9 Å². The number of rotatable bonds is 5. The molecule has 0 bridgehead atoms. The Morgan fingerprint density at radius 2 is 1.83 bits per heavy atom. The first-order valence-electron chi connectivity index (χ1n) is 4.97. The van der Waals surface area contributed by atoms with Crippen molar-refractivity contribution in [1.82, 2.24) is 5.32 Å². The van der Waals surface area contributed by atoms with Crippen LogP contribution in [0.25, 0.3) is 0 Å². The molecule has 7 heteroatoms. The summed E-state index contributed by atoms with van der Waals surface area (Å²) in [6, 6.07) is 5.27. The zero-order valence-electron chi connectivity index (χ0n) is 9.22. The minimum atomic E-state index is -1.31. The molecule has 6 nitrogen and oxygen atoms in total. The summed E-state index contributed by atoms with van der Waals surface area (Å²) in [4.78, 5) is 33.2. The molecule has 1 aromatic rings. The molecule has 0 saturated heterocycles. The summed E-state index contributed by atoms with van der Waals surface area (Å²) in [6.07, 6.45) is -0.439. The van der Waals surface area contributed by atoms with E-state index in [-0.39, 0.29) is 0 Å². The highest BCUT2D eigenvalue weighted by Gasteiger charge is 2.22. The van der Waals surface area contributed by atoms with E-state index in [1.807, 2.05) is 0 Å². The molecule has 0 aliphatic rings. The van der Waals surface area contributed by atoms with E-state index in [4.69, 9.17) is 10.8 Å². The fourth-order valence-corrected chi connectivity index (χ4v) is 1.60. The number of carbonyl (C=O) groups is 3. The average Bonchev–Trinajstić information content (AvgIpc) is 2.28. The van der Waals surface area contributed by atoms with Crippen molar-refractivity contribution < 1.29 is 19.5 Å². The summed E-state index contributed by atoms with van der Waals surface area (Å²) in [5.74, 6) is -2.64. The standard InChI is InChI=1S/C11H11IN2O4/c12-7-3-1-6(2-4-7)10(16)14-8(11(17)18)5-9(13)15/h1-4,8H,5H2,(H2,13,15)(H,14,16)(H,17,18). The third kappa shape index (κ3) is 4.32. The quantitative estimate of drug-likeness (QED) is 0.657. The molecular formula is C11H11IN2O4. The summed E-state index contributed by atoms with van der Waals surface area (Å²) >= 11 is 2.08. The SMILES string of the molecule is NC(=O)CC(NC(=O)c1ccc(I)cc1)C(=O)O. The van der Waals surface area contributed by atoms with E-state index in [2.05, 4.69) is 27.9 Å². The van der Waals surface area contributed by atoms with Gasteiger partial charge in [-0.1, -0.05) is 0 Å². The van der Waals surface area contributed by atoms with Crippen LogP contribution in [0, 0.1) is 3.57 Å². The Morgan fingerprint density at radius 1 is 1.28 bits per heavy atom. The molecule has 0 aromatic heterocycles. The highest BCUT2D eigenvalue weighted by atomic mass is 127. The van der Waals surface area contributed by atoms with Crippen molar-refractivity contribution in [3.63, 3.8) is 0 Å². The molecule has 1 atom stereocenters. The number of amides is 2. The molecule has 0 spiro atoms. The van der Waals surface area contributed by atoms with Gasteiger partial charge in [0, 0.05) is 9.13 Å². The molecule has 0 saturated carbocycles. The molecule has 4 N–H and O–H groups in total. The number of hydrogen-bond acceptors (Lipinski definition) is 3. The third-order valence-corrected chi connectivity index (χ3v) is 2.83. The maximum Gasteiger partial charge on any atom is 0.326 e. The molecule has 0 fully saturated rings. The van der Waals surface area contributed by atoms with Gasteiger partial charge in [-0.25, -0.2) is 4.79 Å². The number of halogens is 1. The van der Waals surface area contributed by atoms with Gasteiger partial charge in [0.15, 0.2) is 0 Å². The first kappa shape index (κ1) is 14.4. The van der Waals surface area contributed by atoms with Crippen molar-refractivity contribution in [2.75, 3.05) is 0 Å². The van der Waals surface area contributed by atoms with E-state index in [9.17, 15) is 14.4 Å². The molecule has 0 radical (unpaired) electrons. The number of carbonyl (C=O) groups excluding carboxylic acids is 2. The second kappa shape index (κ2) is 6.34. The summed E-state index contributed by atoms with van der Waals surface area (Å²) in [6.45, 7) is 0. The van der Waals surface area contributed by atoms with Gasteiger partial charge in [0.05, 0.1) is 6.42 Å². The molecule has 96 valence electrons. The second-order valence-electron chi connectivity index (χ2n) is 3.54. The van der Waals surface area contributed by atoms with E-state index in [0.717, 1.165) is 3.57 Å². The lowest BCUT2D eigenvalue weighted by atomic mass is 10.1. The van der Waals surface area contributed by atoms with Gasteiger partial charge in [-0.15, -0.1) is 0 Å². The molecule has 0 heterocycles. The Balaban J connectivity index is 2.75. The van der Waals surface area contributed by atoms with Crippen molar-refractivity contribution in [3.8, 4) is 0 Å². The van der Waals surface area contributed by atoms with Gasteiger partial charge >= 0.3 is 5.97 Å². The number of carboxylic acid groups (broad SMARTS) is 1. The number of aliphatic carboxylic acids is 1. The molecule has 1 aromatic carbocycles. The number of benzene rings is 1. The first-order chi connectivity index (χ1) is 8.40. The van der Waals surface area contributed by atoms with Gasteiger partial charge in [0.2, 0.25) is 5.91 Å². The number of nitrogens with two attached hydrogens (primary N) is 1. The van der Waals surface area contributed by atoms with E-state index in [0.29, 0.717) is 5.56 Å². The minimum Gasteiger partial charge on any atom is -0.480 e. The van der Waals surface area contributed by atoms with Crippen LogP contribution in [0.15, 0.2) is 24.3 Å². The molecule has 0 aliphatic carbocycles. The zero-order valence-corrected chi connectivity index (χ0v) is 11.4. The van der Waals surface area contributed by atoms with E-state index in [1.165, 1.54) is 0 Å². The van der Waals surface area contributed by atoms with Crippen LogP contribution < -0.4 is 11.1 Å². The summed E-state index contributed by atoms with van der Waals surface area (Å²) in [5, 5.41) is 11.1. The summed E-state index contributed by atoms with van der Waals surface area (Å²) in [7, 11) is 0. The number of carboxylic acids is 1. The lowest BCUT2D eigenvalue weighted by Crippen LogP contribution is -2.43. The maximum atomic E-state index is 11.7. The van der Waals surface area contributed by atoms with Crippen LogP contribution >= 0.6 is 22.6 Å². The van der Waals surface area contributed by atoms with E-state index in [1.54, 1.807) is 24.3 Å². The van der Waals surface area contributed by atoms with Crippen molar-refractivity contribution in [3.05, 3.63) is 33.4 Å². The Kier molecular flexibility index (Phi) is 5.08.